The Morgan fingerprint density at radius 3 is 2.58 bits per heavy atom. The van der Waals surface area contributed by atoms with Crippen LogP contribution in [0.5, 0.6) is 0 Å². The van der Waals surface area contributed by atoms with Gasteiger partial charge in [-0.15, -0.1) is 0 Å². The SMILES string of the molecule is CCn1cc(S(=O)(=O)Cl)c(COCCC(F)(F)F)n1. The number of ether oxygens (including phenoxy) is 1. The van der Waals surface area contributed by atoms with E-state index in [4.69, 9.17) is 15.4 Å². The molecule has 1 aromatic rings. The van der Waals surface area contributed by atoms with Crippen LogP contribution in [0.25, 0.3) is 0 Å². The van der Waals surface area contributed by atoms with Crippen LogP contribution in [0.2, 0.25) is 0 Å². The molecule has 0 N–H and O–H groups in total. The maximum atomic E-state index is 11.9. The molecule has 0 saturated carbocycles. The van der Waals surface area contributed by atoms with E-state index in [2.05, 4.69) is 5.10 Å². The van der Waals surface area contributed by atoms with Crippen molar-refractivity contribution in [3.05, 3.63) is 11.9 Å². The maximum absolute atomic E-state index is 11.9. The number of aryl methyl sites for hydroxylation is 1. The molecule has 0 atom stereocenters. The number of halogens is 4. The summed E-state index contributed by atoms with van der Waals surface area (Å²) < 4.78 is 64.3. The van der Waals surface area contributed by atoms with Crippen LogP contribution in [0.1, 0.15) is 19.0 Å². The van der Waals surface area contributed by atoms with Crippen molar-refractivity contribution in [1.29, 1.82) is 0 Å². The minimum atomic E-state index is -4.32. The first-order valence-corrected chi connectivity index (χ1v) is 7.60. The average molecular weight is 321 g/mol. The minimum Gasteiger partial charge on any atom is -0.375 e. The quantitative estimate of drug-likeness (QED) is 0.596. The molecule has 0 aliphatic heterocycles. The molecule has 0 aliphatic carbocycles. The van der Waals surface area contributed by atoms with Gasteiger partial charge >= 0.3 is 6.18 Å². The average Bonchev–Trinajstić information content (AvgIpc) is 2.66. The second-order valence-corrected chi connectivity index (χ2v) is 6.19. The summed E-state index contributed by atoms with van der Waals surface area (Å²) in [5.74, 6) is 0. The van der Waals surface area contributed by atoms with Crippen LogP contribution in [0, 0.1) is 0 Å². The van der Waals surface area contributed by atoms with E-state index in [0.717, 1.165) is 0 Å². The van der Waals surface area contributed by atoms with Crippen molar-refractivity contribution < 1.29 is 26.3 Å². The summed E-state index contributed by atoms with van der Waals surface area (Å²) in [6.07, 6.45) is -4.21. The van der Waals surface area contributed by atoms with Gasteiger partial charge in [0.05, 0.1) is 19.6 Å². The van der Waals surface area contributed by atoms with Crippen LogP contribution < -0.4 is 0 Å². The van der Waals surface area contributed by atoms with Gasteiger partial charge in [0.25, 0.3) is 9.05 Å². The Kier molecular flexibility index (Phi) is 5.22. The van der Waals surface area contributed by atoms with Crippen LogP contribution in [0.3, 0.4) is 0 Å². The van der Waals surface area contributed by atoms with Crippen molar-refractivity contribution in [1.82, 2.24) is 9.78 Å². The first-order valence-electron chi connectivity index (χ1n) is 5.29. The van der Waals surface area contributed by atoms with Crippen LogP contribution in [0.4, 0.5) is 13.2 Å². The molecule has 0 saturated heterocycles. The molecular formula is C9H12ClF3N2O3S. The fourth-order valence-electron chi connectivity index (χ4n) is 1.27. The van der Waals surface area contributed by atoms with E-state index in [1.165, 1.54) is 10.9 Å². The molecular weight excluding hydrogens is 309 g/mol. The van der Waals surface area contributed by atoms with Crippen LogP contribution >= 0.6 is 10.7 Å². The van der Waals surface area contributed by atoms with Gasteiger partial charge in [-0.1, -0.05) is 0 Å². The number of alkyl halides is 3. The van der Waals surface area contributed by atoms with E-state index >= 15 is 0 Å². The molecule has 0 bridgehead atoms. The summed E-state index contributed by atoms with van der Waals surface area (Å²) in [5, 5.41) is 3.88. The monoisotopic (exact) mass is 320 g/mol. The predicted octanol–water partition coefficient (Wildman–Crippen LogP) is 2.30. The maximum Gasteiger partial charge on any atom is 0.391 e. The fourth-order valence-corrected chi connectivity index (χ4v) is 2.28. The fraction of sp³-hybridized carbons (Fsp3) is 0.667. The van der Waals surface area contributed by atoms with Gasteiger partial charge in [0, 0.05) is 23.4 Å². The van der Waals surface area contributed by atoms with E-state index in [1.807, 2.05) is 0 Å². The largest absolute Gasteiger partial charge is 0.391 e. The Morgan fingerprint density at radius 1 is 1.47 bits per heavy atom. The van der Waals surface area contributed by atoms with Crippen molar-refractivity contribution >= 4 is 19.7 Å². The van der Waals surface area contributed by atoms with Gasteiger partial charge in [-0.05, 0) is 6.92 Å². The zero-order chi connectivity index (χ0) is 14.7. The van der Waals surface area contributed by atoms with E-state index in [1.54, 1.807) is 6.92 Å². The lowest BCUT2D eigenvalue weighted by Crippen LogP contribution is -2.12. The van der Waals surface area contributed by atoms with Crippen LogP contribution in [0.15, 0.2) is 11.1 Å². The lowest BCUT2D eigenvalue weighted by atomic mass is 10.4. The van der Waals surface area contributed by atoms with E-state index < -0.39 is 28.3 Å². The van der Waals surface area contributed by atoms with Gasteiger partial charge in [0.2, 0.25) is 0 Å². The number of nitrogens with zero attached hydrogens (tertiary/aromatic N) is 2. The van der Waals surface area contributed by atoms with Crippen molar-refractivity contribution in [3.63, 3.8) is 0 Å². The molecule has 0 radical (unpaired) electrons. The Morgan fingerprint density at radius 2 is 2.11 bits per heavy atom. The molecule has 5 nitrogen and oxygen atoms in total. The molecule has 0 aliphatic rings. The number of hydrogen-bond donors (Lipinski definition) is 0. The highest BCUT2D eigenvalue weighted by molar-refractivity contribution is 8.13. The zero-order valence-corrected chi connectivity index (χ0v) is 11.5. The van der Waals surface area contributed by atoms with Gasteiger partial charge in [-0.25, -0.2) is 8.42 Å². The molecule has 0 amide bonds. The smallest absolute Gasteiger partial charge is 0.375 e. The Bertz CT molecular complexity index is 527. The predicted molar refractivity (Wildman–Crippen MR) is 61.3 cm³/mol. The van der Waals surface area contributed by atoms with E-state index in [0.29, 0.717) is 6.54 Å². The Labute approximate surface area is 112 Å². The normalized spacial score (nSPS) is 12.9. The molecule has 1 aromatic heterocycles. The first-order chi connectivity index (χ1) is 8.63. The van der Waals surface area contributed by atoms with Crippen molar-refractivity contribution in [2.75, 3.05) is 6.61 Å². The lowest BCUT2D eigenvalue weighted by Gasteiger charge is -2.06. The van der Waals surface area contributed by atoms with E-state index in [9.17, 15) is 21.6 Å². The third kappa shape index (κ3) is 5.37. The number of aromatic nitrogens is 2. The van der Waals surface area contributed by atoms with Gasteiger partial charge in [-0.3, -0.25) is 4.68 Å². The summed E-state index contributed by atoms with van der Waals surface area (Å²) in [7, 11) is 1.20. The third-order valence-corrected chi connectivity index (χ3v) is 3.52. The van der Waals surface area contributed by atoms with Crippen molar-refractivity contribution in [3.8, 4) is 0 Å². The van der Waals surface area contributed by atoms with Gasteiger partial charge < -0.3 is 4.74 Å². The molecule has 1 rings (SSSR count). The molecule has 1 heterocycles. The molecule has 19 heavy (non-hydrogen) atoms. The number of hydrogen-bond acceptors (Lipinski definition) is 4. The summed E-state index contributed by atoms with van der Waals surface area (Å²) in [4.78, 5) is -0.247. The summed E-state index contributed by atoms with van der Waals surface area (Å²) in [5.41, 5.74) is -0.000903. The Balaban J connectivity index is 2.70. The summed E-state index contributed by atoms with van der Waals surface area (Å²) in [6, 6.07) is 0. The molecule has 0 fully saturated rings. The summed E-state index contributed by atoms with van der Waals surface area (Å²) >= 11 is 0. The highest BCUT2D eigenvalue weighted by Crippen LogP contribution is 2.21. The van der Waals surface area contributed by atoms with E-state index in [-0.39, 0.29) is 17.2 Å². The van der Waals surface area contributed by atoms with Gasteiger partial charge in [-0.2, -0.15) is 18.3 Å². The minimum absolute atomic E-state index is 0.000903. The molecule has 10 heteroatoms. The third-order valence-electron chi connectivity index (χ3n) is 2.16. The van der Waals surface area contributed by atoms with Gasteiger partial charge in [0.15, 0.2) is 0 Å². The highest BCUT2D eigenvalue weighted by Gasteiger charge is 2.27. The second kappa shape index (κ2) is 6.10. The highest BCUT2D eigenvalue weighted by atomic mass is 35.7. The van der Waals surface area contributed by atoms with Crippen molar-refractivity contribution in [2.45, 2.75) is 37.6 Å². The molecule has 0 aromatic carbocycles. The molecule has 0 spiro atoms. The lowest BCUT2D eigenvalue weighted by molar-refractivity contribution is -0.146. The Hall–Kier alpha value is -0.800. The standard InChI is InChI=1S/C9H12ClF3N2O3S/c1-2-15-5-8(19(10,16)17)7(14-15)6-18-4-3-9(11,12)13/h5H,2-4,6H2,1H3. The van der Waals surface area contributed by atoms with Crippen molar-refractivity contribution in [2.24, 2.45) is 0 Å². The van der Waals surface area contributed by atoms with Gasteiger partial charge in [0.1, 0.15) is 10.6 Å². The molecule has 110 valence electrons. The molecule has 0 unspecified atom stereocenters. The summed E-state index contributed by atoms with van der Waals surface area (Å²) in [6.45, 7) is 1.22. The second-order valence-electron chi connectivity index (χ2n) is 3.65. The first kappa shape index (κ1) is 16.3. The van der Waals surface area contributed by atoms with Crippen LogP contribution in [-0.4, -0.2) is 31.0 Å². The number of rotatable bonds is 6. The topological polar surface area (TPSA) is 61.2 Å². The van der Waals surface area contributed by atoms with Crippen LogP contribution in [-0.2, 0) is 26.9 Å². The zero-order valence-electron chi connectivity index (χ0n) is 9.95.